The number of alkyl halides is 1. The van der Waals surface area contributed by atoms with Gasteiger partial charge in [0.15, 0.2) is 18.4 Å². The summed E-state index contributed by atoms with van der Waals surface area (Å²) >= 11 is 5.93. The Morgan fingerprint density at radius 1 is 1.26 bits per heavy atom. The van der Waals surface area contributed by atoms with Gasteiger partial charge in [-0.1, -0.05) is 30.3 Å². The predicted octanol–water partition coefficient (Wildman–Crippen LogP) is 0.887. The quantitative estimate of drug-likeness (QED) is 0.567. The molecule has 1 aromatic heterocycles. The van der Waals surface area contributed by atoms with E-state index in [0.29, 0.717) is 0 Å². The van der Waals surface area contributed by atoms with Gasteiger partial charge < -0.3 is 14.2 Å². The van der Waals surface area contributed by atoms with Crippen molar-refractivity contribution in [2.45, 2.75) is 38.0 Å². The molecule has 0 radical (unpaired) electrons. The molecule has 9 heteroatoms. The zero-order valence-corrected chi connectivity index (χ0v) is 15.2. The van der Waals surface area contributed by atoms with Crippen LogP contribution in [-0.4, -0.2) is 39.3 Å². The highest BCUT2D eigenvalue weighted by Gasteiger charge is 2.53. The molecule has 1 fully saturated rings. The van der Waals surface area contributed by atoms with Crippen LogP contribution in [0.15, 0.2) is 46.0 Å². The fourth-order valence-corrected chi connectivity index (χ4v) is 3.70. The number of benzene rings is 1. The summed E-state index contributed by atoms with van der Waals surface area (Å²) in [5.41, 5.74) is -0.283. The second-order valence-electron chi connectivity index (χ2n) is 6.42. The van der Waals surface area contributed by atoms with Crippen molar-refractivity contribution in [1.29, 1.82) is 0 Å². The van der Waals surface area contributed by atoms with Crippen molar-refractivity contribution in [2.75, 3.05) is 5.88 Å². The number of hydrogen-bond donors (Lipinski definition) is 0. The highest BCUT2D eigenvalue weighted by molar-refractivity contribution is 6.18. The molecule has 2 aliphatic rings. The number of hydrogen-bond acceptors (Lipinski definition) is 6. The van der Waals surface area contributed by atoms with Gasteiger partial charge in [-0.25, -0.2) is 9.36 Å². The van der Waals surface area contributed by atoms with E-state index in [1.165, 1.54) is 17.6 Å². The highest BCUT2D eigenvalue weighted by Crippen LogP contribution is 2.39. The minimum Gasteiger partial charge on any atom is -0.468 e. The molecule has 27 heavy (non-hydrogen) atoms. The molecule has 2 aromatic rings. The monoisotopic (exact) mass is 392 g/mol. The minimum absolute atomic E-state index is 0.0836. The van der Waals surface area contributed by atoms with Gasteiger partial charge in [-0.15, -0.1) is 11.6 Å². The number of rotatable bonds is 4. The topological polar surface area (TPSA) is 88.8 Å². The summed E-state index contributed by atoms with van der Waals surface area (Å²) in [6, 6.07) is 10.4. The summed E-state index contributed by atoms with van der Waals surface area (Å²) in [4.78, 5) is 37.0. The van der Waals surface area contributed by atoms with E-state index in [1.807, 2.05) is 30.3 Å². The Kier molecular flexibility index (Phi) is 4.53. The van der Waals surface area contributed by atoms with Gasteiger partial charge in [-0.3, -0.25) is 14.2 Å². The van der Waals surface area contributed by atoms with Crippen LogP contribution >= 0.6 is 11.6 Å². The third kappa shape index (κ3) is 3.04. The standard InChI is InChI=1S/C18H17ClN2O6/c1-10(22)25-16-15-12(8-19)26-17(16)21-14(27-15)7-13(23)20(18(21)24)9-11-5-3-2-4-6-11/h2-7,12,15-17H,8-9H2,1H3/t12-,15+,16-,17-/m1/s1. The first-order chi connectivity index (χ1) is 13.0. The molecule has 1 aromatic carbocycles. The highest BCUT2D eigenvalue weighted by atomic mass is 35.5. The molecular weight excluding hydrogens is 376 g/mol. The second-order valence-corrected chi connectivity index (χ2v) is 6.73. The van der Waals surface area contributed by atoms with Crippen molar-refractivity contribution in [3.05, 3.63) is 62.8 Å². The van der Waals surface area contributed by atoms with E-state index in [4.69, 9.17) is 25.8 Å². The number of ether oxygens (including phenoxy) is 3. The zero-order chi connectivity index (χ0) is 19.1. The van der Waals surface area contributed by atoms with Crippen molar-refractivity contribution in [2.24, 2.45) is 0 Å². The third-order valence-electron chi connectivity index (χ3n) is 4.62. The van der Waals surface area contributed by atoms with Gasteiger partial charge in [-0.05, 0) is 5.56 Å². The van der Waals surface area contributed by atoms with E-state index in [9.17, 15) is 14.4 Å². The Morgan fingerprint density at radius 3 is 2.67 bits per heavy atom. The fourth-order valence-electron chi connectivity index (χ4n) is 3.45. The maximum Gasteiger partial charge on any atom is 0.336 e. The van der Waals surface area contributed by atoms with Crippen molar-refractivity contribution in [3.63, 3.8) is 0 Å². The largest absolute Gasteiger partial charge is 0.468 e. The van der Waals surface area contributed by atoms with Crippen LogP contribution in [0.4, 0.5) is 0 Å². The van der Waals surface area contributed by atoms with Crippen molar-refractivity contribution in [3.8, 4) is 5.88 Å². The number of carbonyl (C=O) groups is 1. The van der Waals surface area contributed by atoms with E-state index in [0.717, 1.165) is 10.1 Å². The summed E-state index contributed by atoms with van der Waals surface area (Å²) in [6.45, 7) is 1.37. The summed E-state index contributed by atoms with van der Waals surface area (Å²) < 4.78 is 19.2. The van der Waals surface area contributed by atoms with Crippen LogP contribution in [0.25, 0.3) is 0 Å². The molecule has 0 spiro atoms. The van der Waals surface area contributed by atoms with Gasteiger partial charge in [0, 0.05) is 6.92 Å². The smallest absolute Gasteiger partial charge is 0.336 e. The van der Waals surface area contributed by atoms with Gasteiger partial charge >= 0.3 is 11.7 Å². The molecule has 0 N–H and O–H groups in total. The first kappa shape index (κ1) is 17.8. The van der Waals surface area contributed by atoms with E-state index >= 15 is 0 Å². The van der Waals surface area contributed by atoms with Gasteiger partial charge in [0.25, 0.3) is 5.56 Å². The van der Waals surface area contributed by atoms with Gasteiger partial charge in [-0.2, -0.15) is 0 Å². The van der Waals surface area contributed by atoms with E-state index < -0.39 is 41.8 Å². The number of aromatic nitrogens is 2. The molecule has 0 aliphatic carbocycles. The molecule has 4 rings (SSSR count). The van der Waals surface area contributed by atoms with E-state index in [2.05, 4.69) is 0 Å². The summed E-state index contributed by atoms with van der Waals surface area (Å²) in [7, 11) is 0. The molecule has 1 saturated heterocycles. The Balaban J connectivity index is 1.79. The zero-order valence-electron chi connectivity index (χ0n) is 14.4. The van der Waals surface area contributed by atoms with Crippen molar-refractivity contribution < 1.29 is 19.0 Å². The Bertz CT molecular complexity index is 986. The minimum atomic E-state index is -0.901. The van der Waals surface area contributed by atoms with Crippen LogP contribution in [0.3, 0.4) is 0 Å². The number of esters is 1. The van der Waals surface area contributed by atoms with E-state index in [1.54, 1.807) is 0 Å². The fraction of sp³-hybridized carbons (Fsp3) is 0.389. The summed E-state index contributed by atoms with van der Waals surface area (Å²) in [5.74, 6) is -0.345. The Labute approximate surface area is 158 Å². The van der Waals surface area contributed by atoms with Gasteiger partial charge in [0.2, 0.25) is 5.88 Å². The van der Waals surface area contributed by atoms with Crippen LogP contribution in [0, 0.1) is 0 Å². The number of carbonyl (C=O) groups excluding carboxylic acids is 1. The maximum atomic E-state index is 13.0. The molecule has 4 atom stereocenters. The van der Waals surface area contributed by atoms with Crippen LogP contribution in [0.2, 0.25) is 0 Å². The van der Waals surface area contributed by atoms with E-state index in [-0.39, 0.29) is 18.3 Å². The van der Waals surface area contributed by atoms with Crippen molar-refractivity contribution in [1.82, 2.24) is 9.13 Å². The van der Waals surface area contributed by atoms with Crippen molar-refractivity contribution >= 4 is 17.6 Å². The lowest BCUT2D eigenvalue weighted by molar-refractivity contribution is -0.158. The Hall–Kier alpha value is -2.58. The third-order valence-corrected chi connectivity index (χ3v) is 4.93. The molecule has 2 bridgehead atoms. The van der Waals surface area contributed by atoms with Gasteiger partial charge in [0.1, 0.15) is 6.10 Å². The average molecular weight is 393 g/mol. The number of fused-ring (bicyclic) bond motifs is 4. The first-order valence-electron chi connectivity index (χ1n) is 8.45. The summed E-state index contributed by atoms with van der Waals surface area (Å²) in [6.07, 6.45) is -2.97. The van der Waals surface area contributed by atoms with Gasteiger partial charge in [0.05, 0.1) is 18.5 Å². The Morgan fingerprint density at radius 2 is 2.00 bits per heavy atom. The number of halogens is 1. The second kappa shape index (κ2) is 6.86. The first-order valence-corrected chi connectivity index (χ1v) is 8.98. The molecule has 2 aliphatic heterocycles. The molecule has 0 amide bonds. The maximum absolute atomic E-state index is 13.0. The lowest BCUT2D eigenvalue weighted by atomic mass is 10.1. The molecule has 3 heterocycles. The molecule has 8 nitrogen and oxygen atoms in total. The normalized spacial score (nSPS) is 25.6. The van der Waals surface area contributed by atoms with Crippen LogP contribution in [0.1, 0.15) is 18.7 Å². The lowest BCUT2D eigenvalue weighted by Gasteiger charge is -2.31. The van der Waals surface area contributed by atoms with Crippen LogP contribution in [-0.2, 0) is 20.8 Å². The molecule has 0 saturated carbocycles. The average Bonchev–Trinajstić information content (AvgIpc) is 2.86. The SMILES string of the molecule is CC(=O)O[C@@H]1[C@H]2Oc3cc(=O)n(Cc4ccccc4)c(=O)n3[C@@H]1O[C@@H]2CCl. The molecule has 142 valence electrons. The summed E-state index contributed by atoms with van der Waals surface area (Å²) in [5, 5.41) is 0. The lowest BCUT2D eigenvalue weighted by Crippen LogP contribution is -2.50. The number of nitrogens with zero attached hydrogens (tertiary/aromatic N) is 2. The predicted molar refractivity (Wildman–Crippen MR) is 95.1 cm³/mol. The molecule has 0 unspecified atom stereocenters. The van der Waals surface area contributed by atoms with Crippen LogP contribution in [0.5, 0.6) is 5.88 Å². The van der Waals surface area contributed by atoms with Crippen LogP contribution < -0.4 is 16.0 Å². The molecular formula is C18H17ClN2O6.